The van der Waals surface area contributed by atoms with Gasteiger partial charge in [-0.1, -0.05) is 19.9 Å². The van der Waals surface area contributed by atoms with Crippen molar-refractivity contribution in [1.29, 1.82) is 0 Å². The minimum atomic E-state index is -3.46. The Kier molecular flexibility index (Phi) is 6.44. The van der Waals surface area contributed by atoms with Crippen LogP contribution in [0.1, 0.15) is 19.4 Å². The molecule has 0 atom stereocenters. The van der Waals surface area contributed by atoms with Crippen LogP contribution in [-0.2, 0) is 16.8 Å². The van der Waals surface area contributed by atoms with E-state index in [1.165, 1.54) is 8.61 Å². The predicted molar refractivity (Wildman–Crippen MR) is 82.9 cm³/mol. The first-order valence-corrected chi connectivity index (χ1v) is 8.22. The van der Waals surface area contributed by atoms with Crippen LogP contribution in [-0.4, -0.2) is 51.4 Å². The van der Waals surface area contributed by atoms with E-state index in [1.807, 2.05) is 19.9 Å². The summed E-state index contributed by atoms with van der Waals surface area (Å²) >= 11 is 0. The molecule has 21 heavy (non-hydrogen) atoms. The number of nitrogens with zero attached hydrogens (tertiary/aromatic N) is 2. The van der Waals surface area contributed by atoms with Gasteiger partial charge in [0, 0.05) is 38.3 Å². The summed E-state index contributed by atoms with van der Waals surface area (Å²) in [5.41, 5.74) is 0.788. The molecule has 0 spiro atoms. The third-order valence-corrected chi connectivity index (χ3v) is 5.40. The molecule has 0 saturated heterocycles. The van der Waals surface area contributed by atoms with Crippen molar-refractivity contribution < 1.29 is 17.9 Å². The minimum Gasteiger partial charge on any atom is -0.497 e. The lowest BCUT2D eigenvalue weighted by Crippen LogP contribution is -2.41. The molecule has 1 aromatic rings. The van der Waals surface area contributed by atoms with Crippen LogP contribution in [0.5, 0.6) is 11.5 Å². The molecular weight excluding hydrogens is 292 g/mol. The molecule has 7 heteroatoms. The third-order valence-electron chi connectivity index (χ3n) is 3.31. The highest BCUT2D eigenvalue weighted by Crippen LogP contribution is 2.26. The van der Waals surface area contributed by atoms with E-state index >= 15 is 0 Å². The molecule has 0 unspecified atom stereocenters. The maximum Gasteiger partial charge on any atom is 0.282 e. The molecule has 0 aromatic heterocycles. The van der Waals surface area contributed by atoms with E-state index in [-0.39, 0.29) is 6.54 Å². The highest BCUT2D eigenvalue weighted by molar-refractivity contribution is 7.86. The van der Waals surface area contributed by atoms with Crippen molar-refractivity contribution >= 4 is 10.2 Å². The second-order valence-corrected chi connectivity index (χ2v) is 6.56. The zero-order chi connectivity index (χ0) is 16.0. The molecule has 0 amide bonds. The van der Waals surface area contributed by atoms with Crippen LogP contribution in [0.4, 0.5) is 0 Å². The SMILES string of the molecule is CCN(CC)S(=O)(=O)N(C)Cc1ccc(OC)cc1OC. The van der Waals surface area contributed by atoms with Crippen molar-refractivity contribution in [3.05, 3.63) is 23.8 Å². The summed E-state index contributed by atoms with van der Waals surface area (Å²) < 4.78 is 38.0. The summed E-state index contributed by atoms with van der Waals surface area (Å²) in [5.74, 6) is 1.28. The van der Waals surface area contributed by atoms with Crippen LogP contribution in [0.2, 0.25) is 0 Å². The summed E-state index contributed by atoms with van der Waals surface area (Å²) in [6, 6.07) is 5.34. The second-order valence-electron chi connectivity index (χ2n) is 4.53. The van der Waals surface area contributed by atoms with Gasteiger partial charge in [-0.05, 0) is 6.07 Å². The lowest BCUT2D eigenvalue weighted by molar-refractivity contribution is 0.363. The number of benzene rings is 1. The van der Waals surface area contributed by atoms with Gasteiger partial charge < -0.3 is 9.47 Å². The van der Waals surface area contributed by atoms with Gasteiger partial charge in [0.25, 0.3) is 10.2 Å². The first kappa shape index (κ1) is 17.7. The molecule has 120 valence electrons. The first-order chi connectivity index (χ1) is 9.90. The van der Waals surface area contributed by atoms with Crippen molar-refractivity contribution in [1.82, 2.24) is 8.61 Å². The van der Waals surface area contributed by atoms with Gasteiger partial charge in [0.2, 0.25) is 0 Å². The summed E-state index contributed by atoms with van der Waals surface area (Å²) in [7, 11) is 1.23. The summed E-state index contributed by atoms with van der Waals surface area (Å²) in [6.45, 7) is 4.78. The summed E-state index contributed by atoms with van der Waals surface area (Å²) in [4.78, 5) is 0. The van der Waals surface area contributed by atoms with Gasteiger partial charge in [-0.3, -0.25) is 0 Å². The maximum absolute atomic E-state index is 12.4. The van der Waals surface area contributed by atoms with E-state index in [0.29, 0.717) is 24.6 Å². The molecule has 0 fully saturated rings. The smallest absolute Gasteiger partial charge is 0.282 e. The zero-order valence-electron chi connectivity index (χ0n) is 13.3. The monoisotopic (exact) mass is 316 g/mol. The molecule has 0 saturated carbocycles. The highest BCUT2D eigenvalue weighted by atomic mass is 32.2. The Labute approximate surface area is 127 Å². The fourth-order valence-electron chi connectivity index (χ4n) is 2.05. The van der Waals surface area contributed by atoms with Crippen molar-refractivity contribution in [2.75, 3.05) is 34.4 Å². The number of rotatable bonds is 8. The number of ether oxygens (including phenoxy) is 2. The lowest BCUT2D eigenvalue weighted by atomic mass is 10.2. The van der Waals surface area contributed by atoms with E-state index in [9.17, 15) is 8.42 Å². The fraction of sp³-hybridized carbons (Fsp3) is 0.571. The van der Waals surface area contributed by atoms with E-state index in [2.05, 4.69) is 0 Å². The molecule has 6 nitrogen and oxygen atoms in total. The molecule has 0 aliphatic heterocycles. The van der Waals surface area contributed by atoms with Crippen LogP contribution in [0.25, 0.3) is 0 Å². The molecule has 0 bridgehead atoms. The largest absolute Gasteiger partial charge is 0.497 e. The van der Waals surface area contributed by atoms with Crippen molar-refractivity contribution in [2.45, 2.75) is 20.4 Å². The van der Waals surface area contributed by atoms with Crippen LogP contribution >= 0.6 is 0 Å². The van der Waals surface area contributed by atoms with Gasteiger partial charge in [-0.15, -0.1) is 0 Å². The molecule has 0 N–H and O–H groups in total. The molecule has 1 aromatic carbocycles. The number of hydrogen-bond donors (Lipinski definition) is 0. The van der Waals surface area contributed by atoms with Gasteiger partial charge >= 0.3 is 0 Å². The average molecular weight is 316 g/mol. The molecule has 0 heterocycles. The molecule has 0 aliphatic carbocycles. The van der Waals surface area contributed by atoms with Gasteiger partial charge in [0.05, 0.1) is 14.2 Å². The second kappa shape index (κ2) is 7.63. The minimum absolute atomic E-state index is 0.242. The number of hydrogen-bond acceptors (Lipinski definition) is 4. The summed E-state index contributed by atoms with van der Waals surface area (Å²) in [6.07, 6.45) is 0. The molecule has 0 radical (unpaired) electrons. The Morgan fingerprint density at radius 2 is 1.71 bits per heavy atom. The summed E-state index contributed by atoms with van der Waals surface area (Å²) in [5, 5.41) is 0. The van der Waals surface area contributed by atoms with Gasteiger partial charge in [-0.25, -0.2) is 0 Å². The van der Waals surface area contributed by atoms with Gasteiger partial charge in [0.1, 0.15) is 11.5 Å². The Bertz CT molecular complexity index is 556. The van der Waals surface area contributed by atoms with Crippen molar-refractivity contribution in [3.63, 3.8) is 0 Å². The Morgan fingerprint density at radius 3 is 2.19 bits per heavy atom. The van der Waals surface area contributed by atoms with Crippen LogP contribution in [0, 0.1) is 0 Å². The highest BCUT2D eigenvalue weighted by Gasteiger charge is 2.25. The normalized spacial score (nSPS) is 12.0. The van der Waals surface area contributed by atoms with Gasteiger partial charge in [0.15, 0.2) is 0 Å². The van der Waals surface area contributed by atoms with Gasteiger partial charge in [-0.2, -0.15) is 17.0 Å². The van der Waals surface area contributed by atoms with Crippen LogP contribution in [0.3, 0.4) is 0 Å². The Morgan fingerprint density at radius 1 is 1.10 bits per heavy atom. The Hall–Kier alpha value is -1.31. The van der Waals surface area contributed by atoms with Crippen LogP contribution < -0.4 is 9.47 Å². The zero-order valence-corrected chi connectivity index (χ0v) is 14.1. The number of methoxy groups -OCH3 is 2. The molecule has 1 rings (SSSR count). The quantitative estimate of drug-likeness (QED) is 0.733. The van der Waals surface area contributed by atoms with E-state index in [0.717, 1.165) is 5.56 Å². The van der Waals surface area contributed by atoms with Crippen molar-refractivity contribution in [2.24, 2.45) is 0 Å². The fourth-order valence-corrected chi connectivity index (χ4v) is 3.40. The Balaban J connectivity index is 3.00. The van der Waals surface area contributed by atoms with E-state index in [4.69, 9.17) is 9.47 Å². The maximum atomic E-state index is 12.4. The predicted octanol–water partition coefficient (Wildman–Crippen LogP) is 1.72. The van der Waals surface area contributed by atoms with E-state index < -0.39 is 10.2 Å². The average Bonchev–Trinajstić information content (AvgIpc) is 2.48. The standard InChI is InChI=1S/C14H24N2O4S/c1-6-16(7-2)21(17,18)15(3)11-12-8-9-13(19-4)10-14(12)20-5/h8-10H,6-7,11H2,1-5H3. The third kappa shape index (κ3) is 4.09. The lowest BCUT2D eigenvalue weighted by Gasteiger charge is -2.26. The van der Waals surface area contributed by atoms with Crippen LogP contribution in [0.15, 0.2) is 18.2 Å². The first-order valence-electron chi connectivity index (χ1n) is 6.82. The molecule has 0 aliphatic rings. The molecular formula is C14H24N2O4S. The topological polar surface area (TPSA) is 59.1 Å². The van der Waals surface area contributed by atoms with Crippen molar-refractivity contribution in [3.8, 4) is 11.5 Å². The van der Waals surface area contributed by atoms with E-state index in [1.54, 1.807) is 33.4 Å².